The topological polar surface area (TPSA) is 26.3 Å². The van der Waals surface area contributed by atoms with Crippen molar-refractivity contribution in [2.45, 2.75) is 84.0 Å². The van der Waals surface area contributed by atoms with Gasteiger partial charge in [0.2, 0.25) is 0 Å². The fourth-order valence-electron chi connectivity index (χ4n) is 7.39. The van der Waals surface area contributed by atoms with Crippen LogP contribution in [0.25, 0.3) is 0 Å². The number of allylic oxidation sites excluding steroid dienone is 2. The molecule has 0 amide bonds. The molecule has 7 atom stereocenters. The van der Waals surface area contributed by atoms with Gasteiger partial charge in [0.1, 0.15) is 0 Å². The van der Waals surface area contributed by atoms with Crippen molar-refractivity contribution in [1.29, 1.82) is 0 Å². The molecule has 0 saturated heterocycles. The predicted octanol–water partition coefficient (Wildman–Crippen LogP) is 6.15. The molecular weight excluding hydrogens is 332 g/mol. The second kappa shape index (κ2) is 7.23. The maximum absolute atomic E-state index is 12.7. The van der Waals surface area contributed by atoms with Gasteiger partial charge in [0.15, 0.2) is 0 Å². The number of hydrogen-bond acceptors (Lipinski definition) is 2. The molecular formula is C25H38O2. The van der Waals surface area contributed by atoms with E-state index in [1.54, 1.807) is 0 Å². The maximum Gasteiger partial charge on any atom is 0.309 e. The molecule has 5 aliphatic rings. The van der Waals surface area contributed by atoms with Gasteiger partial charge < -0.3 is 4.74 Å². The van der Waals surface area contributed by atoms with Crippen molar-refractivity contribution < 1.29 is 9.53 Å². The molecule has 0 aromatic heterocycles. The average Bonchev–Trinajstić information content (AvgIpc) is 3.15. The number of esters is 1. The highest BCUT2D eigenvalue weighted by Crippen LogP contribution is 2.67. The molecule has 7 unspecified atom stereocenters. The number of rotatable bonds is 10. The van der Waals surface area contributed by atoms with Crippen LogP contribution in [0.1, 0.15) is 84.0 Å². The molecule has 0 spiro atoms. The third-order valence-corrected chi connectivity index (χ3v) is 9.10. The van der Waals surface area contributed by atoms with E-state index in [4.69, 9.17) is 4.74 Å². The molecule has 0 N–H and O–H groups in total. The lowest BCUT2D eigenvalue weighted by Crippen LogP contribution is -2.35. The SMILES string of the molecule is CC1(CCCCCCCCOC(=O)C2CC3CC2C2C4C=CC(C4)C32)CC1. The zero-order valence-corrected chi connectivity index (χ0v) is 17.2. The normalized spacial score (nSPS) is 41.9. The first-order chi connectivity index (χ1) is 13.1. The fourth-order valence-corrected chi connectivity index (χ4v) is 7.39. The molecule has 5 rings (SSSR count). The Morgan fingerprint density at radius 1 is 0.926 bits per heavy atom. The van der Waals surface area contributed by atoms with E-state index in [1.165, 1.54) is 64.2 Å². The number of unbranched alkanes of at least 4 members (excludes halogenated alkanes) is 5. The number of fused-ring (bicyclic) bond motifs is 9. The van der Waals surface area contributed by atoms with Gasteiger partial charge in [-0.05, 0) is 85.9 Å². The quantitative estimate of drug-likeness (QED) is 0.199. The minimum Gasteiger partial charge on any atom is -0.465 e. The van der Waals surface area contributed by atoms with Gasteiger partial charge in [-0.3, -0.25) is 4.79 Å². The summed E-state index contributed by atoms with van der Waals surface area (Å²) in [6.07, 6.45) is 20.9. The van der Waals surface area contributed by atoms with Gasteiger partial charge >= 0.3 is 5.97 Å². The molecule has 4 fully saturated rings. The van der Waals surface area contributed by atoms with Gasteiger partial charge in [0.25, 0.3) is 0 Å². The number of carbonyl (C=O) groups excluding carboxylic acids is 1. The molecule has 0 aromatic carbocycles. The molecule has 0 aromatic rings. The lowest BCUT2D eigenvalue weighted by molar-refractivity contribution is -0.152. The Balaban J connectivity index is 0.956. The Morgan fingerprint density at radius 2 is 1.63 bits per heavy atom. The molecule has 0 heterocycles. The Bertz CT molecular complexity index is 589. The summed E-state index contributed by atoms with van der Waals surface area (Å²) in [5.74, 6) is 5.19. The van der Waals surface area contributed by atoms with Crippen LogP contribution in [0.15, 0.2) is 12.2 Å². The highest BCUT2D eigenvalue weighted by Gasteiger charge is 2.62. The van der Waals surface area contributed by atoms with Gasteiger partial charge in [-0.25, -0.2) is 0 Å². The van der Waals surface area contributed by atoms with Gasteiger partial charge in [0.05, 0.1) is 12.5 Å². The van der Waals surface area contributed by atoms with Crippen LogP contribution in [-0.2, 0) is 9.53 Å². The Morgan fingerprint density at radius 3 is 2.41 bits per heavy atom. The fraction of sp³-hybridized carbons (Fsp3) is 0.880. The van der Waals surface area contributed by atoms with Gasteiger partial charge in [-0.15, -0.1) is 0 Å². The lowest BCUT2D eigenvalue weighted by atomic mass is 9.69. The van der Waals surface area contributed by atoms with E-state index in [2.05, 4.69) is 19.1 Å². The molecule has 0 aliphatic heterocycles. The minimum atomic E-state index is 0.144. The van der Waals surface area contributed by atoms with Crippen molar-refractivity contribution in [2.24, 2.45) is 46.8 Å². The van der Waals surface area contributed by atoms with E-state index < -0.39 is 0 Å². The lowest BCUT2D eigenvalue weighted by Gasteiger charge is -2.35. The van der Waals surface area contributed by atoms with Crippen LogP contribution in [0, 0.1) is 46.8 Å². The summed E-state index contributed by atoms with van der Waals surface area (Å²) >= 11 is 0. The zero-order valence-electron chi connectivity index (χ0n) is 17.2. The van der Waals surface area contributed by atoms with Crippen LogP contribution in [0.5, 0.6) is 0 Å². The van der Waals surface area contributed by atoms with E-state index in [1.807, 2.05) is 0 Å². The summed E-state index contributed by atoms with van der Waals surface area (Å²) in [7, 11) is 0. The highest BCUT2D eigenvalue weighted by atomic mass is 16.5. The standard InChI is InChI=1S/C25H38O2/c1-25(11-12-25)10-6-4-2-3-5-7-13-27-24(26)21-16-19-15-20(21)23-18-9-8-17(14-18)22(19)23/h8-9,17-23H,2-7,10-16H2,1H3. The van der Waals surface area contributed by atoms with Crippen molar-refractivity contribution in [3.05, 3.63) is 12.2 Å². The summed E-state index contributed by atoms with van der Waals surface area (Å²) in [4.78, 5) is 12.7. The van der Waals surface area contributed by atoms with Crippen LogP contribution in [-0.4, -0.2) is 12.6 Å². The molecule has 2 nitrogen and oxygen atoms in total. The van der Waals surface area contributed by atoms with Crippen molar-refractivity contribution in [1.82, 2.24) is 0 Å². The van der Waals surface area contributed by atoms with E-state index in [0.717, 1.165) is 47.8 Å². The van der Waals surface area contributed by atoms with Crippen LogP contribution in [0.2, 0.25) is 0 Å². The summed E-state index contributed by atoms with van der Waals surface area (Å²) in [5.41, 5.74) is 0.724. The van der Waals surface area contributed by atoms with Gasteiger partial charge in [0, 0.05) is 0 Å². The van der Waals surface area contributed by atoms with Crippen LogP contribution in [0.3, 0.4) is 0 Å². The third-order valence-electron chi connectivity index (χ3n) is 9.10. The van der Waals surface area contributed by atoms with Crippen molar-refractivity contribution in [3.63, 3.8) is 0 Å². The first-order valence-electron chi connectivity index (χ1n) is 12.0. The molecule has 150 valence electrons. The smallest absolute Gasteiger partial charge is 0.309 e. The van der Waals surface area contributed by atoms with E-state index in [-0.39, 0.29) is 11.9 Å². The molecule has 2 heteroatoms. The largest absolute Gasteiger partial charge is 0.465 e. The van der Waals surface area contributed by atoms with E-state index >= 15 is 0 Å². The predicted molar refractivity (Wildman–Crippen MR) is 108 cm³/mol. The Kier molecular flexibility index (Phi) is 4.89. The monoisotopic (exact) mass is 370 g/mol. The molecule has 4 bridgehead atoms. The van der Waals surface area contributed by atoms with Crippen molar-refractivity contribution in [2.75, 3.05) is 6.61 Å². The van der Waals surface area contributed by atoms with Crippen molar-refractivity contribution >= 4 is 5.97 Å². The number of carbonyl (C=O) groups is 1. The van der Waals surface area contributed by atoms with Crippen LogP contribution >= 0.6 is 0 Å². The minimum absolute atomic E-state index is 0.144. The second-order valence-corrected chi connectivity index (χ2v) is 11.0. The molecule has 5 aliphatic carbocycles. The summed E-state index contributed by atoms with van der Waals surface area (Å²) < 4.78 is 5.73. The average molecular weight is 371 g/mol. The summed E-state index contributed by atoms with van der Waals surface area (Å²) in [5, 5.41) is 0. The summed E-state index contributed by atoms with van der Waals surface area (Å²) in [6, 6.07) is 0. The Labute approximate surface area is 165 Å². The first kappa shape index (κ1) is 18.3. The van der Waals surface area contributed by atoms with Gasteiger partial charge in [-0.2, -0.15) is 0 Å². The first-order valence-corrected chi connectivity index (χ1v) is 12.0. The maximum atomic E-state index is 12.7. The van der Waals surface area contributed by atoms with Crippen LogP contribution < -0.4 is 0 Å². The van der Waals surface area contributed by atoms with Gasteiger partial charge in [-0.1, -0.05) is 51.2 Å². The highest BCUT2D eigenvalue weighted by molar-refractivity contribution is 5.73. The molecule has 27 heavy (non-hydrogen) atoms. The molecule has 4 saturated carbocycles. The number of hydrogen-bond donors (Lipinski definition) is 0. The summed E-state index contributed by atoms with van der Waals surface area (Å²) in [6.45, 7) is 3.09. The molecule has 0 radical (unpaired) electrons. The van der Waals surface area contributed by atoms with Crippen LogP contribution in [0.4, 0.5) is 0 Å². The Hall–Kier alpha value is -0.790. The van der Waals surface area contributed by atoms with Crippen molar-refractivity contribution in [3.8, 4) is 0 Å². The number of ether oxygens (including phenoxy) is 1. The second-order valence-electron chi connectivity index (χ2n) is 11.0. The third kappa shape index (κ3) is 3.51. The van der Waals surface area contributed by atoms with E-state index in [0.29, 0.717) is 12.5 Å². The van der Waals surface area contributed by atoms with E-state index in [9.17, 15) is 4.79 Å². The zero-order chi connectivity index (χ0) is 18.4.